The maximum absolute atomic E-state index is 12.5. The lowest BCUT2D eigenvalue weighted by molar-refractivity contribution is 0.601. The van der Waals surface area contributed by atoms with Crippen molar-refractivity contribution in [2.75, 3.05) is 10.5 Å². The van der Waals surface area contributed by atoms with Crippen molar-refractivity contribution >= 4 is 27.3 Å². The van der Waals surface area contributed by atoms with E-state index in [9.17, 15) is 8.42 Å². The summed E-state index contributed by atoms with van der Waals surface area (Å²) < 4.78 is 27.4. The Hall–Kier alpha value is -3.37. The topological polar surface area (TPSA) is 89.4 Å². The second-order valence-corrected chi connectivity index (χ2v) is 7.37. The van der Waals surface area contributed by atoms with Crippen molar-refractivity contribution in [3.63, 3.8) is 0 Å². The average molecular weight is 364 g/mol. The molecule has 0 amide bonds. The number of nitrogens with one attached hydrogen (secondary N) is 1. The molecule has 1 heterocycles. The van der Waals surface area contributed by atoms with Crippen LogP contribution in [0, 0.1) is 13.5 Å². The fourth-order valence-corrected chi connectivity index (χ4v) is 3.49. The highest BCUT2D eigenvalue weighted by Gasteiger charge is 2.15. The molecule has 0 bridgehead atoms. The fraction of sp³-hybridized carbons (Fsp3) is 0.0526. The molecular formula is C19H16N4O2S. The minimum absolute atomic E-state index is 0.125. The highest BCUT2D eigenvalue weighted by atomic mass is 32.2. The van der Waals surface area contributed by atoms with E-state index in [2.05, 4.69) is 14.6 Å². The molecule has 26 heavy (non-hydrogen) atoms. The summed E-state index contributed by atoms with van der Waals surface area (Å²) in [6.07, 6.45) is 0. The van der Waals surface area contributed by atoms with E-state index in [0.29, 0.717) is 5.69 Å². The van der Waals surface area contributed by atoms with Gasteiger partial charge < -0.3 is 5.73 Å². The molecule has 0 saturated carbocycles. The van der Waals surface area contributed by atoms with Gasteiger partial charge in [-0.15, -0.1) is 0 Å². The summed E-state index contributed by atoms with van der Waals surface area (Å²) in [5.41, 5.74) is 8.84. The summed E-state index contributed by atoms with van der Waals surface area (Å²) in [5, 5.41) is 0. The summed E-state index contributed by atoms with van der Waals surface area (Å²) >= 11 is 0. The van der Waals surface area contributed by atoms with Crippen LogP contribution >= 0.6 is 0 Å². The highest BCUT2D eigenvalue weighted by Crippen LogP contribution is 2.27. The number of benzene rings is 2. The van der Waals surface area contributed by atoms with E-state index in [1.165, 1.54) is 18.2 Å². The predicted molar refractivity (Wildman–Crippen MR) is 102 cm³/mol. The van der Waals surface area contributed by atoms with Crippen LogP contribution in [0.25, 0.3) is 16.0 Å². The number of hydrogen-bond acceptors (Lipinski definition) is 4. The van der Waals surface area contributed by atoms with E-state index in [1.807, 2.05) is 19.1 Å². The third-order valence-electron chi connectivity index (χ3n) is 3.82. The average Bonchev–Trinajstić information content (AvgIpc) is 2.61. The van der Waals surface area contributed by atoms with Gasteiger partial charge >= 0.3 is 0 Å². The standard InChI is InChI=1S/C19H16N4O2S/c1-13-12-15(8-11-17(13)21-2)14-6-9-16(10-7-14)26(24,25)23-19-5-3-4-18(20)22-19/h3-12H,1H3,(H3,20,22,23). The normalized spacial score (nSPS) is 10.9. The lowest BCUT2D eigenvalue weighted by atomic mass is 10.0. The number of nitrogens with zero attached hydrogens (tertiary/aromatic N) is 2. The minimum atomic E-state index is -3.76. The molecule has 0 radical (unpaired) electrons. The molecule has 0 aliphatic heterocycles. The van der Waals surface area contributed by atoms with Crippen LogP contribution in [0.1, 0.15) is 5.56 Å². The van der Waals surface area contributed by atoms with Crippen LogP contribution in [0.4, 0.5) is 17.3 Å². The summed E-state index contributed by atoms with van der Waals surface area (Å²) in [6, 6.07) is 16.8. The second-order valence-electron chi connectivity index (χ2n) is 5.69. The summed E-state index contributed by atoms with van der Waals surface area (Å²) in [7, 11) is -3.76. The molecule has 0 unspecified atom stereocenters. The van der Waals surface area contributed by atoms with Gasteiger partial charge in [0.05, 0.1) is 11.5 Å². The summed E-state index contributed by atoms with van der Waals surface area (Å²) in [5.74, 6) is 0.401. The maximum atomic E-state index is 12.5. The molecule has 0 spiro atoms. The molecule has 3 N–H and O–H groups in total. The van der Waals surface area contributed by atoms with E-state index in [0.717, 1.165) is 16.7 Å². The molecular weight excluding hydrogens is 348 g/mol. The number of hydrogen-bond donors (Lipinski definition) is 2. The van der Waals surface area contributed by atoms with E-state index < -0.39 is 10.0 Å². The molecule has 0 aliphatic rings. The van der Waals surface area contributed by atoms with Crippen LogP contribution in [0.3, 0.4) is 0 Å². The quantitative estimate of drug-likeness (QED) is 0.685. The number of nitrogen functional groups attached to an aromatic ring is 1. The van der Waals surface area contributed by atoms with Crippen molar-refractivity contribution < 1.29 is 8.42 Å². The van der Waals surface area contributed by atoms with Crippen molar-refractivity contribution in [2.24, 2.45) is 0 Å². The van der Waals surface area contributed by atoms with Crippen LogP contribution in [0.2, 0.25) is 0 Å². The first-order chi connectivity index (χ1) is 12.4. The number of aromatic nitrogens is 1. The second kappa shape index (κ2) is 6.86. The molecule has 3 aromatic rings. The molecule has 7 heteroatoms. The van der Waals surface area contributed by atoms with Crippen LogP contribution in [0.15, 0.2) is 65.6 Å². The first-order valence-electron chi connectivity index (χ1n) is 7.73. The van der Waals surface area contributed by atoms with Gasteiger partial charge in [0.1, 0.15) is 11.6 Å². The van der Waals surface area contributed by atoms with E-state index in [1.54, 1.807) is 30.3 Å². The Morgan fingerprint density at radius 2 is 1.73 bits per heavy atom. The minimum Gasteiger partial charge on any atom is -0.384 e. The molecule has 6 nitrogen and oxygen atoms in total. The molecule has 0 saturated heterocycles. The van der Waals surface area contributed by atoms with Gasteiger partial charge in [0, 0.05) is 0 Å². The van der Waals surface area contributed by atoms with Gasteiger partial charge in [-0.1, -0.05) is 36.4 Å². The molecule has 0 atom stereocenters. The van der Waals surface area contributed by atoms with Crippen molar-refractivity contribution in [2.45, 2.75) is 11.8 Å². The number of anilines is 2. The highest BCUT2D eigenvalue weighted by molar-refractivity contribution is 7.92. The Balaban J connectivity index is 1.87. The van der Waals surface area contributed by atoms with E-state index in [4.69, 9.17) is 12.3 Å². The lowest BCUT2D eigenvalue weighted by Crippen LogP contribution is -2.14. The zero-order valence-electron chi connectivity index (χ0n) is 14.0. The van der Waals surface area contributed by atoms with E-state index in [-0.39, 0.29) is 16.5 Å². The monoisotopic (exact) mass is 364 g/mol. The maximum Gasteiger partial charge on any atom is 0.263 e. The molecule has 0 aliphatic carbocycles. The van der Waals surface area contributed by atoms with Crippen LogP contribution in [-0.2, 0) is 10.0 Å². The third kappa shape index (κ3) is 3.66. The summed E-state index contributed by atoms with van der Waals surface area (Å²) in [6.45, 7) is 8.97. The van der Waals surface area contributed by atoms with Gasteiger partial charge in [0.25, 0.3) is 10.0 Å². The number of nitrogens with two attached hydrogens (primary N) is 1. The Morgan fingerprint density at radius 1 is 1.04 bits per heavy atom. The predicted octanol–water partition coefficient (Wildman–Crippen LogP) is 3.99. The molecule has 3 rings (SSSR count). The van der Waals surface area contributed by atoms with Gasteiger partial charge in [-0.05, 0) is 47.9 Å². The first kappa shape index (κ1) is 17.5. The van der Waals surface area contributed by atoms with Crippen molar-refractivity contribution in [3.05, 3.63) is 77.6 Å². The van der Waals surface area contributed by atoms with Gasteiger partial charge in [-0.3, -0.25) is 4.72 Å². The van der Waals surface area contributed by atoms with Crippen LogP contribution in [-0.4, -0.2) is 13.4 Å². The Bertz CT molecular complexity index is 1100. The Kier molecular flexibility index (Phi) is 4.61. The van der Waals surface area contributed by atoms with Gasteiger partial charge in [-0.25, -0.2) is 18.2 Å². The SMILES string of the molecule is [C-]#[N+]c1ccc(-c2ccc(S(=O)(=O)Nc3cccc(N)n3)cc2)cc1C. The third-order valence-corrected chi connectivity index (χ3v) is 5.20. The van der Waals surface area contributed by atoms with Gasteiger partial charge in [0.2, 0.25) is 0 Å². The largest absolute Gasteiger partial charge is 0.384 e. The molecule has 2 aromatic carbocycles. The summed E-state index contributed by atoms with van der Waals surface area (Å²) in [4.78, 5) is 7.51. The van der Waals surface area contributed by atoms with Crippen molar-refractivity contribution in [3.8, 4) is 11.1 Å². The van der Waals surface area contributed by atoms with Gasteiger partial charge in [-0.2, -0.15) is 0 Å². The van der Waals surface area contributed by atoms with Crippen LogP contribution in [0.5, 0.6) is 0 Å². The Morgan fingerprint density at radius 3 is 2.35 bits per heavy atom. The molecule has 130 valence electrons. The lowest BCUT2D eigenvalue weighted by Gasteiger charge is -2.09. The first-order valence-corrected chi connectivity index (χ1v) is 9.21. The van der Waals surface area contributed by atoms with Crippen molar-refractivity contribution in [1.29, 1.82) is 0 Å². The van der Waals surface area contributed by atoms with Gasteiger partial charge in [0.15, 0.2) is 5.69 Å². The zero-order valence-corrected chi connectivity index (χ0v) is 14.8. The van der Waals surface area contributed by atoms with E-state index >= 15 is 0 Å². The fourth-order valence-electron chi connectivity index (χ4n) is 2.49. The Labute approximate surface area is 152 Å². The number of sulfonamides is 1. The smallest absolute Gasteiger partial charge is 0.263 e. The molecule has 1 aromatic heterocycles. The van der Waals surface area contributed by atoms with Crippen LogP contribution < -0.4 is 10.5 Å². The molecule has 0 fully saturated rings. The zero-order chi connectivity index (χ0) is 18.7. The van der Waals surface area contributed by atoms with Crippen molar-refractivity contribution in [1.82, 2.24) is 4.98 Å². The number of pyridine rings is 1. The number of aryl methyl sites for hydroxylation is 1. The number of rotatable bonds is 4.